The van der Waals surface area contributed by atoms with Crippen LogP contribution in [-0.2, 0) is 9.55 Å². The fraction of sp³-hybridized carbons (Fsp3) is 0.556. The van der Waals surface area contributed by atoms with Gasteiger partial charge in [-0.3, -0.25) is 9.79 Å². The largest absolute Gasteiger partial charge is 0.341 e. The van der Waals surface area contributed by atoms with E-state index in [1.165, 1.54) is 5.06 Å². The Balaban J connectivity index is 2.59. The molecule has 2 rings (SSSR count). The third-order valence-electron chi connectivity index (χ3n) is 3.99. The molecular formula is C18H26BN2O2. The molecule has 2 atom stereocenters. The van der Waals surface area contributed by atoms with Gasteiger partial charge in [0.2, 0.25) is 0 Å². The Hall–Kier alpha value is -1.62. The fourth-order valence-electron chi connectivity index (χ4n) is 2.88. The van der Waals surface area contributed by atoms with Crippen molar-refractivity contribution in [3.63, 3.8) is 0 Å². The summed E-state index contributed by atoms with van der Waals surface area (Å²) in [6, 6.07) is 9.41. The highest BCUT2D eigenvalue weighted by Crippen LogP contribution is 2.32. The maximum absolute atomic E-state index is 12.9. The zero-order valence-corrected chi connectivity index (χ0v) is 14.9. The zero-order chi connectivity index (χ0) is 17.2. The van der Waals surface area contributed by atoms with E-state index in [0.717, 1.165) is 11.3 Å². The summed E-state index contributed by atoms with van der Waals surface area (Å²) in [6.45, 7) is 12.0. The van der Waals surface area contributed by atoms with Crippen molar-refractivity contribution in [2.24, 2.45) is 16.3 Å². The average molecular weight is 313 g/mol. The lowest BCUT2D eigenvalue weighted by Gasteiger charge is -2.43. The fourth-order valence-corrected chi connectivity index (χ4v) is 2.88. The minimum atomic E-state index is -0.451. The number of nitrogens with zero attached hydrogens (tertiary/aromatic N) is 2. The molecular weight excluding hydrogens is 287 g/mol. The van der Waals surface area contributed by atoms with Gasteiger partial charge in [0.25, 0.3) is 5.91 Å². The second-order valence-corrected chi connectivity index (χ2v) is 7.34. The first-order valence-electron chi connectivity index (χ1n) is 8.18. The Morgan fingerprint density at radius 1 is 1.22 bits per heavy atom. The number of amides is 1. The van der Waals surface area contributed by atoms with Crippen LogP contribution < -0.4 is 0 Å². The molecule has 0 aliphatic carbocycles. The van der Waals surface area contributed by atoms with Gasteiger partial charge < -0.3 is 4.76 Å². The Morgan fingerprint density at radius 3 is 2.30 bits per heavy atom. The van der Waals surface area contributed by atoms with E-state index in [9.17, 15) is 4.79 Å². The third-order valence-corrected chi connectivity index (χ3v) is 3.99. The highest BCUT2D eigenvalue weighted by Gasteiger charge is 2.44. The molecule has 0 N–H and O–H groups in total. The molecule has 123 valence electrons. The molecule has 23 heavy (non-hydrogen) atoms. The van der Waals surface area contributed by atoms with Gasteiger partial charge in [0.05, 0.1) is 5.71 Å². The quantitative estimate of drug-likeness (QED) is 0.800. The van der Waals surface area contributed by atoms with Gasteiger partial charge in [0, 0.05) is 0 Å². The van der Waals surface area contributed by atoms with Gasteiger partial charge in [-0.25, -0.2) is 5.06 Å². The van der Waals surface area contributed by atoms with Gasteiger partial charge in [-0.2, -0.15) is 0 Å². The molecule has 1 amide bonds. The molecule has 0 spiro atoms. The lowest BCUT2D eigenvalue weighted by atomic mass is 9.82. The second kappa shape index (κ2) is 6.87. The molecule has 1 heterocycles. The molecule has 0 saturated carbocycles. The predicted molar refractivity (Wildman–Crippen MR) is 94.4 cm³/mol. The summed E-state index contributed by atoms with van der Waals surface area (Å²) in [4.78, 5) is 17.8. The Bertz CT molecular complexity index is 578. The summed E-state index contributed by atoms with van der Waals surface area (Å²) in [6.07, 6.45) is 0. The van der Waals surface area contributed by atoms with Crippen LogP contribution in [0.2, 0.25) is 6.82 Å². The van der Waals surface area contributed by atoms with Crippen LogP contribution in [0.3, 0.4) is 0 Å². The van der Waals surface area contributed by atoms with E-state index in [4.69, 9.17) is 9.75 Å². The van der Waals surface area contributed by atoms with Crippen LogP contribution >= 0.6 is 0 Å². The van der Waals surface area contributed by atoms with Gasteiger partial charge in [-0.05, 0) is 16.9 Å². The van der Waals surface area contributed by atoms with E-state index >= 15 is 0 Å². The van der Waals surface area contributed by atoms with Crippen molar-refractivity contribution >= 4 is 19.1 Å². The summed E-state index contributed by atoms with van der Waals surface area (Å²) in [7, 11) is 1.56. The van der Waals surface area contributed by atoms with Crippen LogP contribution in [-0.4, -0.2) is 36.2 Å². The minimum absolute atomic E-state index is 0.0750. The molecule has 0 aromatic heterocycles. The lowest BCUT2D eigenvalue weighted by Crippen LogP contribution is -2.58. The van der Waals surface area contributed by atoms with E-state index in [1.54, 1.807) is 14.3 Å². The molecule has 1 aromatic rings. The van der Waals surface area contributed by atoms with Crippen LogP contribution in [0, 0.1) is 11.3 Å². The van der Waals surface area contributed by atoms with Crippen molar-refractivity contribution in [1.29, 1.82) is 0 Å². The average Bonchev–Trinajstić information content (AvgIpc) is 2.48. The number of rotatable bonds is 4. The van der Waals surface area contributed by atoms with Gasteiger partial charge in [-0.15, -0.1) is 0 Å². The van der Waals surface area contributed by atoms with Crippen molar-refractivity contribution in [3.8, 4) is 0 Å². The Labute approximate surface area is 140 Å². The van der Waals surface area contributed by atoms with Crippen molar-refractivity contribution in [2.75, 3.05) is 0 Å². The topological polar surface area (TPSA) is 41.9 Å². The van der Waals surface area contributed by atoms with Gasteiger partial charge in [0.15, 0.2) is 0 Å². The van der Waals surface area contributed by atoms with Crippen LogP contribution in [0.1, 0.15) is 40.2 Å². The number of hydroxylamine groups is 2. The first-order valence-corrected chi connectivity index (χ1v) is 8.18. The van der Waals surface area contributed by atoms with Crippen molar-refractivity contribution in [1.82, 2.24) is 5.06 Å². The van der Waals surface area contributed by atoms with E-state index in [0.29, 0.717) is 0 Å². The zero-order valence-electron chi connectivity index (χ0n) is 14.9. The van der Waals surface area contributed by atoms with Gasteiger partial charge in [-0.1, -0.05) is 71.8 Å². The van der Waals surface area contributed by atoms with Crippen LogP contribution in [0.5, 0.6) is 0 Å². The number of hydrogen-bond donors (Lipinski definition) is 0. The van der Waals surface area contributed by atoms with Gasteiger partial charge >= 0.3 is 7.48 Å². The number of aliphatic imine (C=N–C) groups is 1. The number of carbonyl (C=O) groups is 1. The smallest absolute Gasteiger partial charge is 0.330 e. The normalized spacial score (nSPS) is 22.3. The lowest BCUT2D eigenvalue weighted by molar-refractivity contribution is -0.169. The van der Waals surface area contributed by atoms with Crippen molar-refractivity contribution in [2.45, 2.75) is 53.5 Å². The molecule has 0 bridgehead atoms. The van der Waals surface area contributed by atoms with E-state index in [-0.39, 0.29) is 23.3 Å². The number of benzene rings is 1. The number of hydrogen-bond acceptors (Lipinski definition) is 3. The maximum Gasteiger partial charge on any atom is 0.330 e. The van der Waals surface area contributed by atoms with E-state index in [2.05, 4.69) is 13.8 Å². The summed E-state index contributed by atoms with van der Waals surface area (Å²) in [5.74, 6) is 0.118. The molecule has 1 radical (unpaired) electrons. The SMILES string of the molecule is C[B]ON1C(=O)C(C(C)(C)C)N=C(c2ccccc2)C1C(C)C. The first kappa shape index (κ1) is 17.7. The highest BCUT2D eigenvalue weighted by molar-refractivity contribution is 6.25. The van der Waals surface area contributed by atoms with E-state index in [1.807, 2.05) is 51.1 Å². The van der Waals surface area contributed by atoms with Gasteiger partial charge in [0.1, 0.15) is 12.1 Å². The predicted octanol–water partition coefficient (Wildman–Crippen LogP) is 3.36. The minimum Gasteiger partial charge on any atom is -0.341 e. The monoisotopic (exact) mass is 313 g/mol. The van der Waals surface area contributed by atoms with Crippen LogP contribution in [0.15, 0.2) is 35.3 Å². The third kappa shape index (κ3) is 3.66. The first-order chi connectivity index (χ1) is 10.8. The number of carbonyl (C=O) groups excluding carboxylic acids is 1. The van der Waals surface area contributed by atoms with Crippen molar-refractivity contribution in [3.05, 3.63) is 35.9 Å². The maximum atomic E-state index is 12.9. The summed E-state index contributed by atoms with van der Waals surface area (Å²) < 4.78 is 5.62. The molecule has 4 nitrogen and oxygen atoms in total. The molecule has 5 heteroatoms. The standard InChI is InChI=1S/C18H26BN2O2/c1-12(2)15-14(13-10-8-7-9-11-13)20-16(18(3,4)5)17(22)21(15)23-19-6/h7-12,15-16H,1-6H3. The molecule has 2 unspecified atom stereocenters. The summed E-state index contributed by atoms with van der Waals surface area (Å²) in [5, 5.41) is 1.51. The molecule has 0 fully saturated rings. The summed E-state index contributed by atoms with van der Waals surface area (Å²) >= 11 is 0. The van der Waals surface area contributed by atoms with Crippen LogP contribution in [0.25, 0.3) is 0 Å². The summed E-state index contributed by atoms with van der Waals surface area (Å²) in [5.41, 5.74) is 1.69. The Kier molecular flexibility index (Phi) is 5.30. The molecule has 1 aliphatic heterocycles. The van der Waals surface area contributed by atoms with Crippen molar-refractivity contribution < 1.29 is 9.55 Å². The van der Waals surface area contributed by atoms with Crippen LogP contribution in [0.4, 0.5) is 0 Å². The van der Waals surface area contributed by atoms with E-state index < -0.39 is 6.04 Å². The molecule has 1 aromatic carbocycles. The Morgan fingerprint density at radius 2 is 1.83 bits per heavy atom. The highest BCUT2D eigenvalue weighted by atomic mass is 16.6. The molecule has 1 aliphatic rings. The second-order valence-electron chi connectivity index (χ2n) is 7.34. The molecule has 0 saturated heterocycles.